The maximum Gasteiger partial charge on any atom is 0.220 e. The average Bonchev–Trinajstić information content (AvgIpc) is 2.41. The molecule has 0 spiro atoms. The number of carbonyl (C=O) groups is 1. The minimum atomic E-state index is 0.181. The van der Waals surface area contributed by atoms with Gasteiger partial charge in [0.05, 0.1) is 0 Å². The smallest absolute Gasteiger partial charge is 0.220 e. The molecular weight excluding hydrogens is 316 g/mol. The van der Waals surface area contributed by atoms with Crippen LogP contribution in [-0.4, -0.2) is 18.0 Å². The highest BCUT2D eigenvalue weighted by atomic mass is 79.9. The quantitative estimate of drug-likeness (QED) is 0.866. The van der Waals surface area contributed by atoms with E-state index in [4.69, 9.17) is 5.73 Å². The Bertz CT molecular complexity index is 442. The lowest BCUT2D eigenvalue weighted by atomic mass is 9.92. The summed E-state index contributed by atoms with van der Waals surface area (Å²) in [6, 6.07) is 8.94. The Kier molecular flexibility index (Phi) is 6.05. The number of benzene rings is 1. The first-order valence-corrected chi connectivity index (χ1v) is 8.22. The molecule has 1 amide bonds. The van der Waals surface area contributed by atoms with Gasteiger partial charge >= 0.3 is 0 Å². The van der Waals surface area contributed by atoms with Crippen molar-refractivity contribution >= 4 is 21.8 Å². The molecule has 1 fully saturated rings. The number of hydrogen-bond acceptors (Lipinski definition) is 2. The molecule has 0 atom stereocenters. The molecular formula is C16H23BrN2O. The van der Waals surface area contributed by atoms with Crippen molar-refractivity contribution in [3.63, 3.8) is 0 Å². The van der Waals surface area contributed by atoms with Crippen LogP contribution in [0.1, 0.15) is 44.1 Å². The van der Waals surface area contributed by atoms with Crippen molar-refractivity contribution in [2.24, 2.45) is 5.73 Å². The molecule has 0 aromatic heterocycles. The van der Waals surface area contributed by atoms with Crippen molar-refractivity contribution in [1.29, 1.82) is 0 Å². The van der Waals surface area contributed by atoms with E-state index in [-0.39, 0.29) is 5.91 Å². The third-order valence-corrected chi connectivity index (χ3v) is 4.39. The van der Waals surface area contributed by atoms with Gasteiger partial charge in [0.2, 0.25) is 5.91 Å². The maximum atomic E-state index is 11.9. The zero-order valence-corrected chi connectivity index (χ0v) is 13.4. The van der Waals surface area contributed by atoms with Gasteiger partial charge < -0.3 is 11.1 Å². The minimum Gasteiger partial charge on any atom is -0.353 e. The van der Waals surface area contributed by atoms with Crippen LogP contribution in [0.4, 0.5) is 0 Å². The van der Waals surface area contributed by atoms with E-state index in [2.05, 4.69) is 33.4 Å². The van der Waals surface area contributed by atoms with Crippen molar-refractivity contribution in [2.75, 3.05) is 0 Å². The van der Waals surface area contributed by atoms with E-state index in [1.807, 2.05) is 12.1 Å². The lowest BCUT2D eigenvalue weighted by molar-refractivity contribution is -0.122. The summed E-state index contributed by atoms with van der Waals surface area (Å²) in [6.07, 6.45) is 6.56. The van der Waals surface area contributed by atoms with Crippen LogP contribution >= 0.6 is 15.9 Å². The molecule has 110 valence electrons. The van der Waals surface area contributed by atoms with Crippen LogP contribution in [0.5, 0.6) is 0 Å². The molecule has 3 N–H and O–H groups in total. The first-order valence-electron chi connectivity index (χ1n) is 7.43. The minimum absolute atomic E-state index is 0.181. The number of rotatable bonds is 5. The van der Waals surface area contributed by atoms with Crippen molar-refractivity contribution in [3.8, 4) is 0 Å². The first-order chi connectivity index (χ1) is 9.63. The molecule has 0 bridgehead atoms. The topological polar surface area (TPSA) is 55.1 Å². The van der Waals surface area contributed by atoms with Crippen molar-refractivity contribution in [2.45, 2.75) is 57.0 Å². The van der Waals surface area contributed by atoms with Crippen molar-refractivity contribution in [1.82, 2.24) is 5.32 Å². The monoisotopic (exact) mass is 338 g/mol. The number of carbonyl (C=O) groups excluding carboxylic acids is 1. The van der Waals surface area contributed by atoms with E-state index in [0.29, 0.717) is 18.5 Å². The zero-order chi connectivity index (χ0) is 14.4. The fourth-order valence-electron chi connectivity index (χ4n) is 2.71. The predicted molar refractivity (Wildman–Crippen MR) is 85.5 cm³/mol. The summed E-state index contributed by atoms with van der Waals surface area (Å²) in [5.41, 5.74) is 7.14. The van der Waals surface area contributed by atoms with Gasteiger partial charge in [0.15, 0.2) is 0 Å². The SMILES string of the molecule is NC1CCC(NC(=O)CCCc2cccc(Br)c2)CC1. The first kappa shape index (κ1) is 15.5. The van der Waals surface area contributed by atoms with E-state index in [0.717, 1.165) is 43.0 Å². The number of halogens is 1. The third-order valence-electron chi connectivity index (χ3n) is 3.90. The van der Waals surface area contributed by atoms with Gasteiger partial charge in [-0.15, -0.1) is 0 Å². The molecule has 0 saturated heterocycles. The largest absolute Gasteiger partial charge is 0.353 e. The third kappa shape index (κ3) is 5.25. The standard InChI is InChI=1S/C16H23BrN2O/c17-13-5-1-3-12(11-13)4-2-6-16(20)19-15-9-7-14(18)8-10-15/h1,3,5,11,14-15H,2,4,6-10,18H2,(H,19,20). The highest BCUT2D eigenvalue weighted by Crippen LogP contribution is 2.17. The van der Waals surface area contributed by atoms with Gasteiger partial charge in [0, 0.05) is 23.0 Å². The van der Waals surface area contributed by atoms with Gasteiger partial charge in [-0.3, -0.25) is 4.79 Å². The van der Waals surface area contributed by atoms with E-state index in [1.165, 1.54) is 5.56 Å². The average molecular weight is 339 g/mol. The molecule has 0 heterocycles. The normalized spacial score (nSPS) is 22.5. The molecule has 2 rings (SSSR count). The molecule has 1 aliphatic rings. The molecule has 20 heavy (non-hydrogen) atoms. The van der Waals surface area contributed by atoms with E-state index in [9.17, 15) is 4.79 Å². The van der Waals surface area contributed by atoms with Crippen LogP contribution in [0.25, 0.3) is 0 Å². The van der Waals surface area contributed by atoms with Crippen LogP contribution in [-0.2, 0) is 11.2 Å². The van der Waals surface area contributed by atoms with Crippen LogP contribution < -0.4 is 11.1 Å². The molecule has 1 aliphatic carbocycles. The number of aryl methyl sites for hydroxylation is 1. The summed E-state index contributed by atoms with van der Waals surface area (Å²) in [5.74, 6) is 0.181. The molecule has 1 aromatic carbocycles. The molecule has 4 heteroatoms. The van der Waals surface area contributed by atoms with E-state index >= 15 is 0 Å². The van der Waals surface area contributed by atoms with Gasteiger partial charge in [-0.25, -0.2) is 0 Å². The number of nitrogens with two attached hydrogens (primary N) is 1. The molecule has 1 aromatic rings. The Hall–Kier alpha value is -0.870. The molecule has 3 nitrogen and oxygen atoms in total. The van der Waals surface area contributed by atoms with Crippen molar-refractivity contribution < 1.29 is 4.79 Å². The summed E-state index contributed by atoms with van der Waals surface area (Å²) in [6.45, 7) is 0. The van der Waals surface area contributed by atoms with Gasteiger partial charge in [-0.05, 0) is 56.2 Å². The van der Waals surface area contributed by atoms with Gasteiger partial charge in [0.1, 0.15) is 0 Å². The van der Waals surface area contributed by atoms with Gasteiger partial charge in [0.25, 0.3) is 0 Å². The highest BCUT2D eigenvalue weighted by molar-refractivity contribution is 9.10. The molecule has 0 unspecified atom stereocenters. The Labute approximate surface area is 129 Å². The van der Waals surface area contributed by atoms with E-state index < -0.39 is 0 Å². The van der Waals surface area contributed by atoms with Crippen LogP contribution in [0.3, 0.4) is 0 Å². The summed E-state index contributed by atoms with van der Waals surface area (Å²) in [4.78, 5) is 11.9. The van der Waals surface area contributed by atoms with Gasteiger partial charge in [-0.2, -0.15) is 0 Å². The fraction of sp³-hybridized carbons (Fsp3) is 0.562. The van der Waals surface area contributed by atoms with Crippen molar-refractivity contribution in [3.05, 3.63) is 34.3 Å². The van der Waals surface area contributed by atoms with Gasteiger partial charge in [-0.1, -0.05) is 28.1 Å². The Morgan fingerprint density at radius 2 is 2.05 bits per heavy atom. The lowest BCUT2D eigenvalue weighted by Crippen LogP contribution is -2.40. The second-order valence-electron chi connectivity index (χ2n) is 5.66. The fourth-order valence-corrected chi connectivity index (χ4v) is 3.16. The maximum absolute atomic E-state index is 11.9. The summed E-state index contributed by atoms with van der Waals surface area (Å²) < 4.78 is 1.10. The van der Waals surface area contributed by atoms with Crippen LogP contribution in [0.15, 0.2) is 28.7 Å². The predicted octanol–water partition coefficient (Wildman–Crippen LogP) is 3.16. The second kappa shape index (κ2) is 7.79. The summed E-state index contributed by atoms with van der Waals surface area (Å²) in [5, 5.41) is 3.13. The van der Waals surface area contributed by atoms with Crippen LogP contribution in [0.2, 0.25) is 0 Å². The van der Waals surface area contributed by atoms with E-state index in [1.54, 1.807) is 0 Å². The molecule has 0 aliphatic heterocycles. The summed E-state index contributed by atoms with van der Waals surface area (Å²) in [7, 11) is 0. The Morgan fingerprint density at radius 1 is 1.30 bits per heavy atom. The highest BCUT2D eigenvalue weighted by Gasteiger charge is 2.19. The number of hydrogen-bond donors (Lipinski definition) is 2. The number of amides is 1. The molecule has 1 saturated carbocycles. The lowest BCUT2D eigenvalue weighted by Gasteiger charge is -2.26. The Balaban J connectivity index is 1.65. The van der Waals surface area contributed by atoms with Crippen LogP contribution in [0, 0.1) is 0 Å². The zero-order valence-electron chi connectivity index (χ0n) is 11.8. The summed E-state index contributed by atoms with van der Waals surface area (Å²) >= 11 is 3.46. The number of nitrogens with one attached hydrogen (secondary N) is 1. The second-order valence-corrected chi connectivity index (χ2v) is 6.58. The Morgan fingerprint density at radius 3 is 2.75 bits per heavy atom. The molecule has 0 radical (unpaired) electrons.